The number of fused-ring (bicyclic) bond motifs is 12. The van der Waals surface area contributed by atoms with Crippen molar-refractivity contribution in [3.8, 4) is 0 Å². The Kier molecular flexibility index (Phi) is 16.5. The topological polar surface area (TPSA) is 234 Å². The number of allylic oxidation sites excluding steroid dienone is 2. The van der Waals surface area contributed by atoms with Crippen LogP contribution in [0.5, 0.6) is 0 Å². The van der Waals surface area contributed by atoms with Crippen LogP contribution in [0.25, 0.3) is 5.57 Å². The van der Waals surface area contributed by atoms with Gasteiger partial charge in [0.05, 0.1) is 40.3 Å². The smallest absolute Gasteiger partial charge is 0.281 e. The number of hydrogen-bond acceptors (Lipinski definition) is 16. The zero-order valence-corrected chi connectivity index (χ0v) is 50.0. The average Bonchev–Trinajstić information content (AvgIpc) is 2.87. The molecule has 1 saturated carbocycles. The van der Waals surface area contributed by atoms with Crippen LogP contribution in [0, 0.1) is 11.8 Å². The largest absolute Gasteiger partial charge is 0.362 e. The highest BCUT2D eigenvalue weighted by Gasteiger charge is 2.44. The zero-order valence-electron chi connectivity index (χ0n) is 48.3. The van der Waals surface area contributed by atoms with Crippen LogP contribution in [0.4, 0.5) is 40.8 Å². The Morgan fingerprint density at radius 2 is 1.02 bits per heavy atom. The lowest BCUT2D eigenvalue weighted by Gasteiger charge is -2.35. The third-order valence-corrected chi connectivity index (χ3v) is 19.9. The summed E-state index contributed by atoms with van der Waals surface area (Å²) in [5.74, 6) is -5.30. The minimum absolute atomic E-state index is 0.0957. The van der Waals surface area contributed by atoms with Gasteiger partial charge in [-0.05, 0) is 176 Å². The summed E-state index contributed by atoms with van der Waals surface area (Å²) in [5.41, 5.74) is 2.90. The van der Waals surface area contributed by atoms with Crippen LogP contribution in [0.1, 0.15) is 173 Å². The Bertz CT molecular complexity index is 3780. The van der Waals surface area contributed by atoms with Crippen LogP contribution in [-0.2, 0) is 20.0 Å². The predicted octanol–water partition coefficient (Wildman–Crippen LogP) is 11.6. The van der Waals surface area contributed by atoms with Gasteiger partial charge in [0.25, 0.3) is 37.8 Å². The summed E-state index contributed by atoms with van der Waals surface area (Å²) in [6.07, 6.45) is 9.42. The molecule has 454 valence electrons. The van der Waals surface area contributed by atoms with Gasteiger partial charge in [-0.2, -0.15) is 16.8 Å². The van der Waals surface area contributed by atoms with Crippen molar-refractivity contribution in [1.29, 1.82) is 0 Å². The Hall–Kier alpha value is -7.60. The van der Waals surface area contributed by atoms with E-state index in [-0.39, 0.29) is 88.7 Å². The fourth-order valence-electron chi connectivity index (χ4n) is 13.0. The molecule has 24 heteroatoms. The van der Waals surface area contributed by atoms with Crippen molar-refractivity contribution in [3.05, 3.63) is 149 Å². The number of aromatic nitrogens is 6. The predicted molar refractivity (Wildman–Crippen MR) is 318 cm³/mol. The molecule has 6 aromatic heterocycles. The fourth-order valence-corrected chi connectivity index (χ4v) is 14.9. The van der Waals surface area contributed by atoms with E-state index in [0.29, 0.717) is 72.6 Å². The van der Waals surface area contributed by atoms with Crippen molar-refractivity contribution >= 4 is 60.7 Å². The first-order chi connectivity index (χ1) is 40.8. The van der Waals surface area contributed by atoms with Crippen molar-refractivity contribution in [2.45, 2.75) is 162 Å². The SMILES string of the molecule is CC1(C)C[C@@H]2CC[C@H](c3ccccn3)Nc3cccc(n3)S(=O)(=O)NC(=O)c3ccc(C4=CCC(F)(F)CC4)nc3N1C2.CC1(C)C[C@@H]2CC[C@H](c3ccccn3)Nc3cccc(n3)S(=O)(=O)NC(=O)c3ccc(C4CCC(F)(F)CC4)nc3N1C2. The van der Waals surface area contributed by atoms with Crippen molar-refractivity contribution in [2.75, 3.05) is 33.5 Å². The second-order valence-corrected chi connectivity index (χ2v) is 28.0. The van der Waals surface area contributed by atoms with Gasteiger partial charge in [-0.3, -0.25) is 19.6 Å². The third kappa shape index (κ3) is 13.3. The highest BCUT2D eigenvalue weighted by atomic mass is 32.2. The molecule has 6 aromatic rings. The van der Waals surface area contributed by atoms with Gasteiger partial charge in [-0.1, -0.05) is 30.3 Å². The maximum absolute atomic E-state index is 13.9. The maximum atomic E-state index is 13.9. The number of pyridine rings is 6. The number of amides is 2. The average molecular weight is 1220 g/mol. The lowest BCUT2D eigenvalue weighted by Crippen LogP contribution is -2.41. The Morgan fingerprint density at radius 1 is 0.523 bits per heavy atom. The highest BCUT2D eigenvalue weighted by Crippen LogP contribution is 2.46. The Balaban J connectivity index is 0.000000179. The minimum Gasteiger partial charge on any atom is -0.362 e. The van der Waals surface area contributed by atoms with Crippen LogP contribution < -0.4 is 29.9 Å². The number of halogens is 4. The summed E-state index contributed by atoms with van der Waals surface area (Å²) < 4.78 is 114. The van der Waals surface area contributed by atoms with Gasteiger partial charge >= 0.3 is 0 Å². The first kappa shape index (κ1) is 60.1. The summed E-state index contributed by atoms with van der Waals surface area (Å²) >= 11 is 0. The van der Waals surface area contributed by atoms with E-state index in [0.717, 1.165) is 43.5 Å². The molecule has 2 saturated heterocycles. The summed E-state index contributed by atoms with van der Waals surface area (Å²) in [6, 6.07) is 26.5. The van der Waals surface area contributed by atoms with E-state index in [1.807, 2.05) is 36.4 Å². The molecule has 0 unspecified atom stereocenters. The Labute approximate surface area is 498 Å². The number of nitrogens with zero attached hydrogens (tertiary/aromatic N) is 8. The van der Waals surface area contributed by atoms with Crippen molar-refractivity contribution in [2.24, 2.45) is 11.8 Å². The van der Waals surface area contributed by atoms with Crippen molar-refractivity contribution < 1.29 is 44.0 Å². The minimum atomic E-state index is -4.35. The van der Waals surface area contributed by atoms with Gasteiger partial charge < -0.3 is 20.4 Å². The van der Waals surface area contributed by atoms with Gasteiger partial charge in [-0.25, -0.2) is 46.9 Å². The monoisotopic (exact) mass is 1220 g/mol. The molecule has 3 fully saturated rings. The standard InChI is InChI=1S/C31H36F2N6O3S.C31H34F2N6O3S/c2*1-30(2)18-20-9-11-25(24-6-3-4-17-34-24)35-26-7-5-8-27(37-26)43(41,42)38-29(40)22-10-12-23(36-28(22)39(30)19-20)21-13-15-31(32,33)16-14-21/h3-8,10,12,17,20-21,25H,9,11,13-16,18-19H2,1-2H3,(H,35,37)(H,38,40);3-8,10,12-13,17,20,25H,9,11,14-16,18-19H2,1-2H3,(H,35,37)(H,38,40)/t2*20-,25+/m00/s1. The second kappa shape index (κ2) is 23.6. The van der Waals surface area contributed by atoms with Crippen LogP contribution >= 0.6 is 0 Å². The van der Waals surface area contributed by atoms with Gasteiger partial charge in [0.1, 0.15) is 23.3 Å². The van der Waals surface area contributed by atoms with Gasteiger partial charge in [0.2, 0.25) is 5.92 Å². The van der Waals surface area contributed by atoms with E-state index in [9.17, 15) is 44.0 Å². The van der Waals surface area contributed by atoms with E-state index in [1.54, 1.807) is 60.9 Å². The summed E-state index contributed by atoms with van der Waals surface area (Å²) in [6.45, 7) is 9.54. The number of rotatable bonds is 4. The molecule has 12 rings (SSSR count). The number of carbonyl (C=O) groups excluding carboxylic acids is 2. The summed E-state index contributed by atoms with van der Waals surface area (Å²) in [4.78, 5) is 58.9. The normalized spacial score (nSPS) is 24.7. The summed E-state index contributed by atoms with van der Waals surface area (Å²) in [7, 11) is -8.68. The molecule has 8 bridgehead atoms. The number of hydrogen-bond donors (Lipinski definition) is 4. The fraction of sp³-hybridized carbons (Fsp3) is 0.452. The quantitative estimate of drug-likeness (QED) is 0.120. The lowest BCUT2D eigenvalue weighted by atomic mass is 9.84. The highest BCUT2D eigenvalue weighted by molar-refractivity contribution is 7.90. The first-order valence-corrected chi connectivity index (χ1v) is 32.2. The zero-order chi connectivity index (χ0) is 60.8. The summed E-state index contributed by atoms with van der Waals surface area (Å²) in [5, 5.41) is 6.13. The number of anilines is 4. The second-order valence-electron chi connectivity index (χ2n) is 24.7. The molecule has 0 spiro atoms. The van der Waals surface area contributed by atoms with Gasteiger partial charge in [-0.15, -0.1) is 0 Å². The van der Waals surface area contributed by atoms with Crippen LogP contribution in [0.3, 0.4) is 0 Å². The molecular formula is C62H70F4N12O6S2. The molecule has 86 heavy (non-hydrogen) atoms. The molecule has 4 atom stereocenters. The van der Waals surface area contributed by atoms with Gasteiger partial charge in [0.15, 0.2) is 10.1 Å². The number of alkyl halides is 4. The maximum Gasteiger partial charge on any atom is 0.281 e. The van der Waals surface area contributed by atoms with Crippen molar-refractivity contribution in [1.82, 2.24) is 39.3 Å². The molecule has 2 aliphatic carbocycles. The van der Waals surface area contributed by atoms with Crippen LogP contribution in [0.15, 0.2) is 126 Å². The van der Waals surface area contributed by atoms with E-state index in [2.05, 4.69) is 77.5 Å². The third-order valence-electron chi connectivity index (χ3n) is 17.5. The molecule has 4 N–H and O–H groups in total. The molecule has 4 aliphatic heterocycles. The number of carbonyl (C=O) groups is 2. The lowest BCUT2D eigenvalue weighted by molar-refractivity contribution is -0.0385. The van der Waals surface area contributed by atoms with E-state index < -0.39 is 49.2 Å². The Morgan fingerprint density at radius 3 is 1.50 bits per heavy atom. The first-order valence-electron chi connectivity index (χ1n) is 29.3. The molecule has 6 aliphatic rings. The molecule has 0 radical (unpaired) electrons. The van der Waals surface area contributed by atoms with Crippen LogP contribution in [-0.4, -0.2) is 94.6 Å². The van der Waals surface area contributed by atoms with E-state index in [1.165, 1.54) is 18.2 Å². The molecular weight excluding hydrogens is 1150 g/mol. The molecule has 2 amide bonds. The molecule has 10 heterocycles. The van der Waals surface area contributed by atoms with Crippen LogP contribution in [0.2, 0.25) is 0 Å². The van der Waals surface area contributed by atoms with Crippen molar-refractivity contribution in [3.63, 3.8) is 0 Å². The number of sulfonamides is 2. The molecule has 18 nitrogen and oxygen atoms in total. The van der Waals surface area contributed by atoms with Gasteiger partial charge in [0, 0.05) is 73.9 Å². The molecule has 0 aromatic carbocycles. The van der Waals surface area contributed by atoms with E-state index >= 15 is 0 Å². The number of nitrogens with one attached hydrogen (secondary N) is 4. The van der Waals surface area contributed by atoms with E-state index in [4.69, 9.17) is 9.97 Å².